The second kappa shape index (κ2) is 7.23. The van der Waals surface area contributed by atoms with Crippen molar-refractivity contribution in [1.29, 1.82) is 0 Å². The van der Waals surface area contributed by atoms with Crippen molar-refractivity contribution in [3.05, 3.63) is 54.4 Å². The molecule has 1 aromatic carbocycles. The number of fused-ring (bicyclic) bond motifs is 1. The van der Waals surface area contributed by atoms with Crippen LogP contribution in [-0.2, 0) is 16.2 Å². The number of halogens is 3. The third kappa shape index (κ3) is 3.57. The second-order valence-electron chi connectivity index (χ2n) is 8.12. The molecule has 0 unspecified atom stereocenters. The van der Waals surface area contributed by atoms with Gasteiger partial charge >= 0.3 is 6.18 Å². The Kier molecular flexibility index (Phi) is 4.74. The van der Waals surface area contributed by atoms with Crippen molar-refractivity contribution in [1.82, 2.24) is 14.3 Å². The molecule has 2 aromatic heterocycles. The van der Waals surface area contributed by atoms with Crippen LogP contribution in [0, 0.1) is 11.8 Å². The summed E-state index contributed by atoms with van der Waals surface area (Å²) in [5.41, 5.74) is -1.04. The number of anilines is 1. The molecule has 3 heterocycles. The predicted molar refractivity (Wildman–Crippen MR) is 110 cm³/mol. The molecule has 0 amide bonds. The Morgan fingerprint density at radius 2 is 1.84 bits per heavy atom. The molecule has 31 heavy (non-hydrogen) atoms. The Balaban J connectivity index is 1.63. The molecule has 1 saturated heterocycles. The second-order valence-corrected chi connectivity index (χ2v) is 9.94. The summed E-state index contributed by atoms with van der Waals surface area (Å²) in [7, 11) is -4.00. The number of nitrogens with one attached hydrogen (secondary N) is 2. The highest BCUT2D eigenvalue weighted by molar-refractivity contribution is 7.90. The van der Waals surface area contributed by atoms with Crippen molar-refractivity contribution in [3.63, 3.8) is 0 Å². The fourth-order valence-electron chi connectivity index (χ4n) is 4.40. The van der Waals surface area contributed by atoms with Gasteiger partial charge in [-0.2, -0.15) is 13.2 Å². The van der Waals surface area contributed by atoms with Gasteiger partial charge in [0.15, 0.2) is 5.65 Å². The summed E-state index contributed by atoms with van der Waals surface area (Å²) < 4.78 is 68.5. The van der Waals surface area contributed by atoms with Crippen LogP contribution in [0.5, 0.6) is 0 Å². The van der Waals surface area contributed by atoms with E-state index in [1.165, 1.54) is 24.4 Å². The van der Waals surface area contributed by atoms with Crippen LogP contribution in [0.4, 0.5) is 18.9 Å². The number of aromatic nitrogens is 2. The van der Waals surface area contributed by atoms with Crippen molar-refractivity contribution in [2.75, 3.05) is 18.4 Å². The molecule has 2 aliphatic rings. The largest absolute Gasteiger partial charge is 0.419 e. The molecule has 6 nitrogen and oxygen atoms in total. The van der Waals surface area contributed by atoms with Crippen molar-refractivity contribution < 1.29 is 21.6 Å². The van der Waals surface area contributed by atoms with Gasteiger partial charge in [-0.25, -0.2) is 17.4 Å². The fourth-order valence-corrected chi connectivity index (χ4v) is 5.72. The highest BCUT2D eigenvalue weighted by Crippen LogP contribution is 2.43. The van der Waals surface area contributed by atoms with Gasteiger partial charge in [0, 0.05) is 36.9 Å². The van der Waals surface area contributed by atoms with Crippen molar-refractivity contribution in [3.8, 4) is 0 Å². The lowest BCUT2D eigenvalue weighted by atomic mass is 9.97. The molecule has 10 heteroatoms. The van der Waals surface area contributed by atoms with Gasteiger partial charge < -0.3 is 10.6 Å². The van der Waals surface area contributed by atoms with E-state index in [4.69, 9.17) is 0 Å². The average molecular weight is 450 g/mol. The number of hydrogen-bond donors (Lipinski definition) is 2. The minimum atomic E-state index is -4.62. The molecular weight excluding hydrogens is 429 g/mol. The molecule has 2 atom stereocenters. The number of pyridine rings is 1. The van der Waals surface area contributed by atoms with Crippen LogP contribution in [0.25, 0.3) is 11.0 Å². The maximum atomic E-state index is 13.8. The smallest absolute Gasteiger partial charge is 0.380 e. The van der Waals surface area contributed by atoms with Gasteiger partial charge in [0.2, 0.25) is 0 Å². The molecular formula is C21H21F3N4O2S. The summed E-state index contributed by atoms with van der Waals surface area (Å²) in [6.45, 7) is 1.33. The molecule has 0 bridgehead atoms. The third-order valence-corrected chi connectivity index (χ3v) is 7.79. The first-order valence-corrected chi connectivity index (χ1v) is 11.6. The van der Waals surface area contributed by atoms with Crippen molar-refractivity contribution in [2.24, 2.45) is 11.8 Å². The van der Waals surface area contributed by atoms with E-state index in [0.29, 0.717) is 12.5 Å². The molecule has 164 valence electrons. The number of nitrogens with zero attached hydrogens (tertiary/aromatic N) is 2. The maximum Gasteiger partial charge on any atom is 0.419 e. The SMILES string of the molecule is O=S(=O)(c1ccccc1)n1ccc2c(N[C@H]3CNC[C@H]3C3CC3)c(C(F)(F)F)cnc21. The van der Waals surface area contributed by atoms with Gasteiger partial charge in [0.1, 0.15) is 0 Å². The van der Waals surface area contributed by atoms with Gasteiger partial charge in [-0.05, 0) is 42.9 Å². The zero-order valence-corrected chi connectivity index (χ0v) is 17.2. The summed E-state index contributed by atoms with van der Waals surface area (Å²) in [4.78, 5) is 3.95. The summed E-state index contributed by atoms with van der Waals surface area (Å²) in [5.74, 6) is 0.765. The van der Waals surface area contributed by atoms with Crippen LogP contribution < -0.4 is 10.6 Å². The van der Waals surface area contributed by atoms with Crippen LogP contribution in [0.1, 0.15) is 18.4 Å². The number of alkyl halides is 3. The van der Waals surface area contributed by atoms with Gasteiger partial charge in [-0.1, -0.05) is 18.2 Å². The number of rotatable bonds is 5. The van der Waals surface area contributed by atoms with E-state index in [2.05, 4.69) is 15.6 Å². The van der Waals surface area contributed by atoms with E-state index in [1.54, 1.807) is 18.2 Å². The normalized spacial score (nSPS) is 22.2. The quantitative estimate of drug-likeness (QED) is 0.620. The van der Waals surface area contributed by atoms with Crippen LogP contribution in [-0.4, -0.2) is 36.5 Å². The summed E-state index contributed by atoms with van der Waals surface area (Å²) >= 11 is 0. The molecule has 1 aliphatic carbocycles. The van der Waals surface area contributed by atoms with Crippen molar-refractivity contribution >= 4 is 26.7 Å². The zero-order valence-electron chi connectivity index (χ0n) is 16.4. The average Bonchev–Trinajstić information content (AvgIpc) is 3.30. The minimum Gasteiger partial charge on any atom is -0.380 e. The summed E-state index contributed by atoms with van der Waals surface area (Å²) in [5, 5.41) is 6.50. The van der Waals surface area contributed by atoms with Crippen LogP contribution in [0.2, 0.25) is 0 Å². The first-order valence-electron chi connectivity index (χ1n) is 10.1. The molecule has 5 rings (SSSR count). The van der Waals surface area contributed by atoms with E-state index in [9.17, 15) is 21.6 Å². The van der Waals surface area contributed by atoms with Gasteiger partial charge in [0.25, 0.3) is 10.0 Å². The molecule has 2 fully saturated rings. The van der Waals surface area contributed by atoms with Crippen LogP contribution >= 0.6 is 0 Å². The topological polar surface area (TPSA) is 76.0 Å². The maximum absolute atomic E-state index is 13.8. The lowest BCUT2D eigenvalue weighted by molar-refractivity contribution is -0.137. The highest BCUT2D eigenvalue weighted by atomic mass is 32.2. The van der Waals surface area contributed by atoms with E-state index in [1.807, 2.05) is 0 Å². The molecule has 3 aromatic rings. The van der Waals surface area contributed by atoms with Crippen LogP contribution in [0.15, 0.2) is 53.7 Å². The highest BCUT2D eigenvalue weighted by Gasteiger charge is 2.42. The lowest BCUT2D eigenvalue weighted by Gasteiger charge is -2.24. The molecule has 0 radical (unpaired) electrons. The minimum absolute atomic E-state index is 0.0340. The van der Waals surface area contributed by atoms with Crippen molar-refractivity contribution in [2.45, 2.75) is 30.0 Å². The molecule has 1 aliphatic heterocycles. The monoisotopic (exact) mass is 450 g/mol. The van der Waals surface area contributed by atoms with Gasteiger partial charge in [-0.3, -0.25) is 0 Å². The summed E-state index contributed by atoms with van der Waals surface area (Å²) in [6, 6.07) is 8.97. The summed E-state index contributed by atoms with van der Waals surface area (Å²) in [6.07, 6.45) is -0.458. The molecule has 2 N–H and O–H groups in total. The van der Waals surface area contributed by atoms with Crippen LogP contribution in [0.3, 0.4) is 0 Å². The standard InChI is InChI=1S/C21H21F3N4O2S/c22-21(23,24)17-11-26-20-15(19(17)27-18-12-25-10-16(18)13-6-7-13)8-9-28(20)31(29,30)14-4-2-1-3-5-14/h1-5,8-9,11,13,16,18,25H,6-7,10,12H2,(H,26,27)/t16-,18-/m0/s1. The predicted octanol–water partition coefficient (Wildman–Crippen LogP) is 3.70. The first-order chi connectivity index (χ1) is 14.8. The molecule has 0 spiro atoms. The first kappa shape index (κ1) is 20.3. The van der Waals surface area contributed by atoms with Gasteiger partial charge in [0.05, 0.1) is 16.1 Å². The van der Waals surface area contributed by atoms with E-state index in [0.717, 1.165) is 29.6 Å². The zero-order chi connectivity index (χ0) is 21.8. The Bertz CT molecular complexity index is 1220. The number of hydrogen-bond acceptors (Lipinski definition) is 5. The Morgan fingerprint density at radius 3 is 2.52 bits per heavy atom. The fraction of sp³-hybridized carbons (Fsp3) is 0.381. The van der Waals surface area contributed by atoms with E-state index >= 15 is 0 Å². The lowest BCUT2D eigenvalue weighted by Crippen LogP contribution is -2.30. The third-order valence-electron chi connectivity index (χ3n) is 6.10. The Morgan fingerprint density at radius 1 is 1.10 bits per heavy atom. The van der Waals surface area contributed by atoms with E-state index in [-0.39, 0.29) is 33.6 Å². The van der Waals surface area contributed by atoms with E-state index < -0.39 is 21.8 Å². The Hall–Kier alpha value is -2.59. The number of benzene rings is 1. The molecule has 1 saturated carbocycles. The van der Waals surface area contributed by atoms with Gasteiger partial charge in [-0.15, -0.1) is 0 Å². The Labute approximate surface area is 177 Å².